The number of rotatable bonds is 2. The molecule has 0 radical (unpaired) electrons. The Balaban J connectivity index is 1.99. The zero-order valence-electron chi connectivity index (χ0n) is 9.90. The zero-order valence-corrected chi connectivity index (χ0v) is 9.90. The predicted molar refractivity (Wildman–Crippen MR) is 65.6 cm³/mol. The molecule has 1 saturated heterocycles. The van der Waals surface area contributed by atoms with Gasteiger partial charge < -0.3 is 15.8 Å². The van der Waals surface area contributed by atoms with Gasteiger partial charge in [-0.25, -0.2) is 4.98 Å². The van der Waals surface area contributed by atoms with E-state index in [2.05, 4.69) is 10.3 Å². The summed E-state index contributed by atoms with van der Waals surface area (Å²) in [6.07, 6.45) is 3.12. The Morgan fingerprint density at radius 1 is 1.53 bits per heavy atom. The normalized spacial score (nSPS) is 16.8. The Labute approximate surface area is 100 Å². The molecule has 92 valence electrons. The molecule has 0 saturated carbocycles. The molecule has 1 aliphatic heterocycles. The summed E-state index contributed by atoms with van der Waals surface area (Å²) in [6.45, 7) is 3.21. The average molecular weight is 235 g/mol. The first-order valence-electron chi connectivity index (χ1n) is 5.77. The van der Waals surface area contributed by atoms with E-state index in [1.54, 1.807) is 12.3 Å². The number of nitrogen functional groups attached to an aromatic ring is 1. The van der Waals surface area contributed by atoms with Crippen LogP contribution >= 0.6 is 0 Å². The lowest BCUT2D eigenvalue weighted by atomic mass is 9.99. The van der Waals surface area contributed by atoms with Gasteiger partial charge in [0.25, 0.3) is 0 Å². The standard InChI is InChI=1S/C12H17N3O2/c1-8-6-11(14-7-10(8)13)15-12(16)9-2-4-17-5-3-9/h6-7,9H,2-5,13H2,1H3,(H,14,15,16). The van der Waals surface area contributed by atoms with Crippen LogP contribution in [-0.2, 0) is 9.53 Å². The lowest BCUT2D eigenvalue weighted by molar-refractivity contribution is -0.122. The largest absolute Gasteiger partial charge is 0.397 e. The number of aromatic nitrogens is 1. The summed E-state index contributed by atoms with van der Waals surface area (Å²) in [4.78, 5) is 16.0. The zero-order chi connectivity index (χ0) is 12.3. The first kappa shape index (κ1) is 11.9. The Hall–Kier alpha value is -1.62. The van der Waals surface area contributed by atoms with Crippen molar-refractivity contribution in [2.75, 3.05) is 24.3 Å². The van der Waals surface area contributed by atoms with Crippen LogP contribution in [0.2, 0.25) is 0 Å². The molecule has 3 N–H and O–H groups in total. The minimum atomic E-state index is 0.0185. The lowest BCUT2D eigenvalue weighted by Gasteiger charge is -2.21. The van der Waals surface area contributed by atoms with Crippen LogP contribution in [0.3, 0.4) is 0 Å². The minimum absolute atomic E-state index is 0.0185. The average Bonchev–Trinajstić information content (AvgIpc) is 2.35. The third-order valence-corrected chi connectivity index (χ3v) is 2.99. The van der Waals surface area contributed by atoms with Crippen molar-refractivity contribution in [3.8, 4) is 0 Å². The van der Waals surface area contributed by atoms with E-state index in [-0.39, 0.29) is 11.8 Å². The molecule has 1 fully saturated rings. The van der Waals surface area contributed by atoms with Crippen LogP contribution in [0.25, 0.3) is 0 Å². The Morgan fingerprint density at radius 2 is 2.24 bits per heavy atom. The third-order valence-electron chi connectivity index (χ3n) is 2.99. The quantitative estimate of drug-likeness (QED) is 0.810. The van der Waals surface area contributed by atoms with Gasteiger partial charge in [-0.1, -0.05) is 0 Å². The van der Waals surface area contributed by atoms with Gasteiger partial charge >= 0.3 is 0 Å². The number of nitrogens with one attached hydrogen (secondary N) is 1. The number of carbonyl (C=O) groups is 1. The number of ether oxygens (including phenoxy) is 1. The highest BCUT2D eigenvalue weighted by molar-refractivity contribution is 5.91. The topological polar surface area (TPSA) is 77.2 Å². The fraction of sp³-hybridized carbons (Fsp3) is 0.500. The molecular formula is C12H17N3O2. The van der Waals surface area contributed by atoms with E-state index in [1.165, 1.54) is 0 Å². The number of aryl methyl sites for hydroxylation is 1. The number of nitrogens with two attached hydrogens (primary N) is 1. The van der Waals surface area contributed by atoms with Crippen LogP contribution in [0.4, 0.5) is 11.5 Å². The van der Waals surface area contributed by atoms with Crippen LogP contribution in [0.15, 0.2) is 12.3 Å². The second-order valence-corrected chi connectivity index (χ2v) is 4.30. The van der Waals surface area contributed by atoms with Gasteiger partial charge in [-0.05, 0) is 31.4 Å². The summed E-state index contributed by atoms with van der Waals surface area (Å²) in [5, 5.41) is 2.82. The van der Waals surface area contributed by atoms with Gasteiger partial charge in [0.1, 0.15) is 5.82 Å². The fourth-order valence-corrected chi connectivity index (χ4v) is 1.82. The van der Waals surface area contributed by atoms with Crippen molar-refractivity contribution in [2.45, 2.75) is 19.8 Å². The fourth-order valence-electron chi connectivity index (χ4n) is 1.82. The highest BCUT2D eigenvalue weighted by atomic mass is 16.5. The van der Waals surface area contributed by atoms with Crippen molar-refractivity contribution in [1.82, 2.24) is 4.98 Å². The molecule has 0 spiro atoms. The minimum Gasteiger partial charge on any atom is -0.397 e. The van der Waals surface area contributed by atoms with E-state index >= 15 is 0 Å². The van der Waals surface area contributed by atoms with Crippen LogP contribution < -0.4 is 11.1 Å². The molecule has 0 atom stereocenters. The lowest BCUT2D eigenvalue weighted by Crippen LogP contribution is -2.28. The maximum absolute atomic E-state index is 11.9. The molecule has 0 aromatic carbocycles. The summed E-state index contributed by atoms with van der Waals surface area (Å²) < 4.78 is 5.22. The van der Waals surface area contributed by atoms with Crippen molar-refractivity contribution >= 4 is 17.4 Å². The van der Waals surface area contributed by atoms with E-state index in [0.717, 1.165) is 18.4 Å². The molecule has 17 heavy (non-hydrogen) atoms. The molecule has 0 unspecified atom stereocenters. The smallest absolute Gasteiger partial charge is 0.228 e. The summed E-state index contributed by atoms with van der Waals surface area (Å²) >= 11 is 0. The van der Waals surface area contributed by atoms with Gasteiger partial charge in [0.05, 0.1) is 11.9 Å². The predicted octanol–water partition coefficient (Wildman–Crippen LogP) is 1.34. The van der Waals surface area contributed by atoms with E-state index in [0.29, 0.717) is 24.7 Å². The Kier molecular flexibility index (Phi) is 3.58. The molecule has 2 rings (SSSR count). The molecule has 0 bridgehead atoms. The number of pyridine rings is 1. The van der Waals surface area contributed by atoms with Gasteiger partial charge in [0.2, 0.25) is 5.91 Å². The van der Waals surface area contributed by atoms with Crippen LogP contribution in [0.1, 0.15) is 18.4 Å². The van der Waals surface area contributed by atoms with Crippen molar-refractivity contribution in [3.05, 3.63) is 17.8 Å². The number of hydrogen-bond donors (Lipinski definition) is 2. The first-order chi connectivity index (χ1) is 8.16. The SMILES string of the molecule is Cc1cc(NC(=O)C2CCOCC2)ncc1N. The molecule has 1 amide bonds. The molecule has 1 aromatic rings. The summed E-state index contributed by atoms with van der Waals surface area (Å²) in [5.74, 6) is 0.613. The van der Waals surface area contributed by atoms with Crippen molar-refractivity contribution in [2.24, 2.45) is 5.92 Å². The van der Waals surface area contributed by atoms with Crippen molar-refractivity contribution < 1.29 is 9.53 Å². The van der Waals surface area contributed by atoms with E-state index in [4.69, 9.17) is 10.5 Å². The second kappa shape index (κ2) is 5.14. The number of hydrogen-bond acceptors (Lipinski definition) is 4. The first-order valence-corrected chi connectivity index (χ1v) is 5.77. The number of anilines is 2. The number of carbonyl (C=O) groups excluding carboxylic acids is 1. The van der Waals surface area contributed by atoms with Gasteiger partial charge in [-0.15, -0.1) is 0 Å². The summed E-state index contributed by atoms with van der Waals surface area (Å²) in [5.41, 5.74) is 7.22. The van der Waals surface area contributed by atoms with E-state index in [1.807, 2.05) is 6.92 Å². The molecule has 1 aromatic heterocycles. The van der Waals surface area contributed by atoms with Crippen LogP contribution in [0.5, 0.6) is 0 Å². The highest BCUT2D eigenvalue weighted by Crippen LogP contribution is 2.18. The molecule has 0 aliphatic carbocycles. The third kappa shape index (κ3) is 2.94. The van der Waals surface area contributed by atoms with Crippen molar-refractivity contribution in [1.29, 1.82) is 0 Å². The molecular weight excluding hydrogens is 218 g/mol. The van der Waals surface area contributed by atoms with Gasteiger partial charge in [-0.3, -0.25) is 4.79 Å². The van der Waals surface area contributed by atoms with E-state index in [9.17, 15) is 4.79 Å². The number of amides is 1. The number of nitrogens with zero attached hydrogens (tertiary/aromatic N) is 1. The summed E-state index contributed by atoms with van der Waals surface area (Å²) in [6, 6.07) is 1.78. The molecule has 2 heterocycles. The van der Waals surface area contributed by atoms with Gasteiger partial charge in [-0.2, -0.15) is 0 Å². The van der Waals surface area contributed by atoms with Crippen LogP contribution in [-0.4, -0.2) is 24.1 Å². The summed E-state index contributed by atoms with van der Waals surface area (Å²) in [7, 11) is 0. The molecule has 1 aliphatic rings. The maximum atomic E-state index is 11.9. The Bertz CT molecular complexity index is 414. The Morgan fingerprint density at radius 3 is 2.88 bits per heavy atom. The second-order valence-electron chi connectivity index (χ2n) is 4.30. The van der Waals surface area contributed by atoms with Gasteiger partial charge in [0.15, 0.2) is 0 Å². The van der Waals surface area contributed by atoms with Crippen molar-refractivity contribution in [3.63, 3.8) is 0 Å². The molecule has 5 nitrogen and oxygen atoms in total. The monoisotopic (exact) mass is 235 g/mol. The van der Waals surface area contributed by atoms with Gasteiger partial charge in [0, 0.05) is 19.1 Å². The van der Waals surface area contributed by atoms with Crippen LogP contribution in [0, 0.1) is 12.8 Å². The maximum Gasteiger partial charge on any atom is 0.228 e. The molecule has 5 heteroatoms. The van der Waals surface area contributed by atoms with E-state index < -0.39 is 0 Å². The highest BCUT2D eigenvalue weighted by Gasteiger charge is 2.21.